The number of rotatable bonds is 13. The number of benzene rings is 2. The lowest BCUT2D eigenvalue weighted by Gasteiger charge is -2.38. The van der Waals surface area contributed by atoms with E-state index in [0.717, 1.165) is 11.1 Å². The summed E-state index contributed by atoms with van der Waals surface area (Å²) < 4.78 is 76.8. The zero-order valence-corrected chi connectivity index (χ0v) is 28.1. The molecule has 3 amide bonds. The van der Waals surface area contributed by atoms with Gasteiger partial charge in [0.2, 0.25) is 0 Å². The Labute approximate surface area is 295 Å². The van der Waals surface area contributed by atoms with Crippen molar-refractivity contribution in [1.29, 1.82) is 0 Å². The summed E-state index contributed by atoms with van der Waals surface area (Å²) in [4.78, 5) is 62.9. The Kier molecular flexibility index (Phi) is 16.3. The maximum Gasteiger partial charge on any atom is 0.471 e. The summed E-state index contributed by atoms with van der Waals surface area (Å²) in [5.41, 5.74) is 9.18. The number of hydroxylamine groups is 3. The molecule has 4 atom stereocenters. The highest BCUT2D eigenvalue weighted by Crippen LogP contribution is 2.27. The molecule has 0 radical (unpaired) electrons. The first-order valence-corrected chi connectivity index (χ1v) is 16.3. The summed E-state index contributed by atoms with van der Waals surface area (Å²) in [7, 11) is 0. The van der Waals surface area contributed by atoms with Crippen LogP contribution in [0.5, 0.6) is 0 Å². The number of piperidine rings is 2. The summed E-state index contributed by atoms with van der Waals surface area (Å²) >= 11 is 0. The van der Waals surface area contributed by atoms with E-state index < -0.39 is 60.2 Å². The molecule has 2 aliphatic rings. The van der Waals surface area contributed by atoms with Crippen LogP contribution in [0.4, 0.5) is 26.3 Å². The molecule has 13 nitrogen and oxygen atoms in total. The lowest BCUT2D eigenvalue weighted by molar-refractivity contribution is -0.192. The summed E-state index contributed by atoms with van der Waals surface area (Å²) in [6.07, 6.45) is -8.94. The third-order valence-electron chi connectivity index (χ3n) is 7.90. The van der Waals surface area contributed by atoms with E-state index in [2.05, 4.69) is 16.4 Å². The van der Waals surface area contributed by atoms with Gasteiger partial charge in [0.1, 0.15) is 12.1 Å². The van der Waals surface area contributed by atoms with Crippen LogP contribution in [0.25, 0.3) is 0 Å². The quantitative estimate of drug-likeness (QED) is 0.135. The maximum absolute atomic E-state index is 13.0. The molecular weight excluding hydrogens is 708 g/mol. The zero-order valence-electron chi connectivity index (χ0n) is 28.1. The van der Waals surface area contributed by atoms with Crippen molar-refractivity contribution in [1.82, 2.24) is 26.2 Å². The van der Waals surface area contributed by atoms with Crippen LogP contribution >= 0.6 is 0 Å². The number of carboxylic acid groups (broad SMARTS) is 1. The Morgan fingerprint density at radius 1 is 0.692 bits per heavy atom. The van der Waals surface area contributed by atoms with Crippen LogP contribution in [0.3, 0.4) is 0 Å². The van der Waals surface area contributed by atoms with Gasteiger partial charge in [0.05, 0.1) is 19.8 Å². The Morgan fingerprint density at radius 2 is 1.12 bits per heavy atom. The molecule has 0 saturated carbocycles. The topological polar surface area (TPSA) is 159 Å². The van der Waals surface area contributed by atoms with Crippen LogP contribution < -0.4 is 16.4 Å². The number of hydrogen-bond acceptors (Lipinski definition) is 9. The van der Waals surface area contributed by atoms with Gasteiger partial charge in [-0.15, -0.1) is 0 Å². The van der Waals surface area contributed by atoms with Crippen molar-refractivity contribution in [2.75, 3.05) is 19.7 Å². The number of alkyl halides is 6. The van der Waals surface area contributed by atoms with Crippen LogP contribution in [-0.4, -0.2) is 94.8 Å². The first kappa shape index (κ1) is 42.1. The fourth-order valence-corrected chi connectivity index (χ4v) is 5.36. The smallest absolute Gasteiger partial charge is 0.471 e. The highest BCUT2D eigenvalue weighted by atomic mass is 19.4. The molecule has 2 aromatic carbocycles. The summed E-state index contributed by atoms with van der Waals surface area (Å²) in [5.74, 6) is -6.42. The normalized spacial score (nSPS) is 20.8. The van der Waals surface area contributed by atoms with Gasteiger partial charge < -0.3 is 14.9 Å². The maximum atomic E-state index is 13.0. The zero-order chi connectivity index (χ0) is 38.3. The van der Waals surface area contributed by atoms with Crippen molar-refractivity contribution >= 4 is 23.7 Å². The second-order valence-electron chi connectivity index (χ2n) is 11.9. The van der Waals surface area contributed by atoms with Gasteiger partial charge in [0.15, 0.2) is 0 Å². The molecule has 2 fully saturated rings. The van der Waals surface area contributed by atoms with Gasteiger partial charge in [-0.3, -0.25) is 28.9 Å². The third kappa shape index (κ3) is 13.4. The van der Waals surface area contributed by atoms with Crippen molar-refractivity contribution in [3.05, 3.63) is 71.8 Å². The molecule has 0 spiro atoms. The van der Waals surface area contributed by atoms with E-state index in [1.165, 1.54) is 0 Å². The minimum Gasteiger partial charge on any atom is -0.480 e. The molecule has 4 N–H and O–H groups in total. The lowest BCUT2D eigenvalue weighted by Crippen LogP contribution is -2.60. The minimum atomic E-state index is -5.11. The van der Waals surface area contributed by atoms with E-state index in [9.17, 15) is 45.5 Å². The van der Waals surface area contributed by atoms with Crippen LogP contribution in [0.2, 0.25) is 0 Å². The van der Waals surface area contributed by atoms with Crippen molar-refractivity contribution in [3.63, 3.8) is 0 Å². The Morgan fingerprint density at radius 3 is 1.52 bits per heavy atom. The van der Waals surface area contributed by atoms with E-state index in [1.54, 1.807) is 0 Å². The standard InChI is InChI=1S/C18H24F3N3O4.C15H17F3N2O4/c1-2-10-27-23-16(25)15-9-8-14(11-24(15)17(26)18(19,20)21)22-28-12-13-6-4-3-5-7-13;16-15(17,18)14(23)20-8-11(6-7-12(20)13(21)22)19-24-9-10-4-2-1-3-5-10/h3-7,14-15,22H,2,8-12H2,1H3,(H,23,25);1-5,11-12,19H,6-9H2,(H,21,22)/t14-,15+;11-,12+/m11/s1. The molecule has 288 valence electrons. The van der Waals surface area contributed by atoms with E-state index >= 15 is 0 Å². The van der Waals surface area contributed by atoms with Crippen molar-refractivity contribution in [3.8, 4) is 0 Å². The number of amides is 3. The second-order valence-corrected chi connectivity index (χ2v) is 11.9. The monoisotopic (exact) mass is 749 g/mol. The van der Waals surface area contributed by atoms with Gasteiger partial charge in [0.25, 0.3) is 5.91 Å². The van der Waals surface area contributed by atoms with Gasteiger partial charge in [-0.25, -0.2) is 10.3 Å². The number of carbonyl (C=O) groups is 4. The van der Waals surface area contributed by atoms with Crippen LogP contribution in [-0.2, 0) is 46.9 Å². The van der Waals surface area contributed by atoms with Crippen molar-refractivity contribution in [2.24, 2.45) is 0 Å². The predicted octanol–water partition coefficient (Wildman–Crippen LogP) is 3.80. The number of carbonyl (C=O) groups excluding carboxylic acids is 3. The molecule has 2 aliphatic heterocycles. The van der Waals surface area contributed by atoms with Gasteiger partial charge in [-0.1, -0.05) is 67.6 Å². The number of nitrogens with zero attached hydrogens (tertiary/aromatic N) is 2. The number of aliphatic carboxylic acids is 1. The summed E-state index contributed by atoms with van der Waals surface area (Å²) in [6.45, 7) is 1.77. The first-order valence-electron chi connectivity index (χ1n) is 16.3. The number of nitrogens with one attached hydrogen (secondary N) is 3. The molecule has 0 unspecified atom stereocenters. The van der Waals surface area contributed by atoms with Crippen LogP contribution in [0.15, 0.2) is 60.7 Å². The van der Waals surface area contributed by atoms with E-state index in [4.69, 9.17) is 19.6 Å². The van der Waals surface area contributed by atoms with Crippen molar-refractivity contribution < 1.29 is 65.1 Å². The molecule has 2 saturated heterocycles. The molecule has 0 bridgehead atoms. The Balaban J connectivity index is 0.000000284. The SMILES string of the molecule is CCCONC(=O)[C@@H]1CC[C@@H](NOCc2ccccc2)CN1C(=O)C(F)(F)F.O=C(O)[C@@H]1CC[C@@H](NOCc2ccccc2)CN1C(=O)C(F)(F)F. The van der Waals surface area contributed by atoms with Crippen molar-refractivity contribution in [2.45, 2.75) is 88.8 Å². The fourth-order valence-electron chi connectivity index (χ4n) is 5.36. The summed E-state index contributed by atoms with van der Waals surface area (Å²) in [6, 6.07) is 14.5. The average molecular weight is 750 g/mol. The molecule has 19 heteroatoms. The number of hydrogen-bond donors (Lipinski definition) is 4. The number of likely N-dealkylation sites (tertiary alicyclic amines) is 2. The van der Waals surface area contributed by atoms with Gasteiger partial charge in [-0.2, -0.15) is 37.3 Å². The van der Waals surface area contributed by atoms with Gasteiger partial charge in [0, 0.05) is 25.2 Å². The Hall–Kier alpha value is -4.30. The van der Waals surface area contributed by atoms with E-state index in [0.29, 0.717) is 22.6 Å². The first-order chi connectivity index (χ1) is 24.6. The highest BCUT2D eigenvalue weighted by molar-refractivity contribution is 5.90. The molecule has 4 rings (SSSR count). The van der Waals surface area contributed by atoms with E-state index in [1.807, 2.05) is 67.6 Å². The average Bonchev–Trinajstić information content (AvgIpc) is 3.11. The second kappa shape index (κ2) is 20.1. The fraction of sp³-hybridized carbons (Fsp3) is 0.515. The molecule has 0 aliphatic carbocycles. The van der Waals surface area contributed by atoms with Crippen LogP contribution in [0.1, 0.15) is 50.2 Å². The Bertz CT molecular complexity index is 1440. The predicted molar refractivity (Wildman–Crippen MR) is 170 cm³/mol. The highest BCUT2D eigenvalue weighted by Gasteiger charge is 2.49. The molecular formula is C33H41F6N5O8. The number of halogens is 6. The van der Waals surface area contributed by atoms with E-state index in [-0.39, 0.29) is 52.2 Å². The van der Waals surface area contributed by atoms with Crippen LogP contribution in [0, 0.1) is 0 Å². The summed E-state index contributed by atoms with van der Waals surface area (Å²) in [5, 5.41) is 9.02. The molecule has 0 aromatic heterocycles. The lowest BCUT2D eigenvalue weighted by atomic mass is 9.98. The van der Waals surface area contributed by atoms with Gasteiger partial charge >= 0.3 is 30.1 Å². The largest absolute Gasteiger partial charge is 0.480 e. The third-order valence-corrected chi connectivity index (χ3v) is 7.90. The number of carboxylic acids is 1. The molecule has 52 heavy (non-hydrogen) atoms. The van der Waals surface area contributed by atoms with Gasteiger partial charge in [-0.05, 0) is 43.2 Å². The molecule has 2 heterocycles. The molecule has 2 aromatic rings. The minimum absolute atomic E-state index is 0.0511.